The lowest BCUT2D eigenvalue weighted by Crippen LogP contribution is -2.13. The van der Waals surface area contributed by atoms with Crippen molar-refractivity contribution in [2.45, 2.75) is 12.8 Å². The van der Waals surface area contributed by atoms with Crippen LogP contribution in [0.25, 0.3) is 0 Å². The van der Waals surface area contributed by atoms with E-state index in [9.17, 15) is 25.0 Å². The van der Waals surface area contributed by atoms with Crippen LogP contribution in [0.2, 0.25) is 0 Å². The second-order valence-electron chi connectivity index (χ2n) is 5.24. The number of allylic oxidation sites excluding steroid dienone is 1. The van der Waals surface area contributed by atoms with E-state index < -0.39 is 7.37 Å². The first-order chi connectivity index (χ1) is 11.4. The number of rotatable bonds is 7. The van der Waals surface area contributed by atoms with Crippen LogP contribution in [0.15, 0.2) is 49.1 Å². The molecule has 1 unspecified atom stereocenters. The maximum atomic E-state index is 13.4. The minimum atomic E-state index is -3.57. The summed E-state index contributed by atoms with van der Waals surface area (Å²) in [6.45, 7) is 3.61. The molecule has 0 radical (unpaired) electrons. The average molecular weight is 350 g/mol. The molecule has 0 spiro atoms. The van der Waals surface area contributed by atoms with Gasteiger partial charge in [-0.15, -0.1) is 6.58 Å². The van der Waals surface area contributed by atoms with Crippen LogP contribution in [-0.2, 0) is 4.57 Å². The molecule has 0 aliphatic carbocycles. The monoisotopic (exact) mass is 350 g/mol. The maximum absolute atomic E-state index is 13.4. The van der Waals surface area contributed by atoms with Gasteiger partial charge in [-0.05, 0) is 37.1 Å². The normalized spacial score (nSPS) is 13.2. The van der Waals surface area contributed by atoms with Crippen molar-refractivity contribution >= 4 is 12.7 Å². The van der Waals surface area contributed by atoms with Gasteiger partial charge in [-0.2, -0.15) is 0 Å². The number of phenolic OH excluding ortho intramolecular Hbond substituents is 4. The lowest BCUT2D eigenvalue weighted by Gasteiger charge is -2.21. The molecule has 0 aliphatic rings. The van der Waals surface area contributed by atoms with Crippen LogP contribution in [0.4, 0.5) is 0 Å². The SMILES string of the molecule is C=CCCCP(=O)(Oc1ccc(O)cc1O)c1ccc(O)cc1O. The molecule has 2 rings (SSSR count). The average Bonchev–Trinajstić information content (AvgIpc) is 2.50. The lowest BCUT2D eigenvalue weighted by molar-refractivity contribution is 0.418. The summed E-state index contributed by atoms with van der Waals surface area (Å²) in [5.41, 5.74) is 0. The van der Waals surface area contributed by atoms with Crippen LogP contribution in [0.1, 0.15) is 12.8 Å². The van der Waals surface area contributed by atoms with Crippen LogP contribution in [0.5, 0.6) is 28.7 Å². The fraction of sp³-hybridized carbons (Fsp3) is 0.176. The maximum Gasteiger partial charge on any atom is 0.281 e. The Kier molecular flexibility index (Phi) is 5.42. The summed E-state index contributed by atoms with van der Waals surface area (Å²) in [6.07, 6.45) is 2.89. The number of benzene rings is 2. The fourth-order valence-corrected chi connectivity index (χ4v) is 4.42. The summed E-state index contributed by atoms with van der Waals surface area (Å²) in [4.78, 5) is 0. The Hall–Kier alpha value is -2.59. The summed E-state index contributed by atoms with van der Waals surface area (Å²) in [5, 5.41) is 38.7. The van der Waals surface area contributed by atoms with Gasteiger partial charge in [-0.1, -0.05) is 6.08 Å². The Morgan fingerprint density at radius 2 is 1.62 bits per heavy atom. The van der Waals surface area contributed by atoms with E-state index in [4.69, 9.17) is 4.52 Å². The Morgan fingerprint density at radius 1 is 1.00 bits per heavy atom. The molecule has 0 bridgehead atoms. The molecular weight excluding hydrogens is 331 g/mol. The van der Waals surface area contributed by atoms with Crippen molar-refractivity contribution in [3.63, 3.8) is 0 Å². The lowest BCUT2D eigenvalue weighted by atomic mass is 10.3. The van der Waals surface area contributed by atoms with E-state index in [1.807, 2.05) is 0 Å². The standard InChI is InChI=1S/C17H19O6P/c1-2-3-4-9-24(22,17-8-6-13(19)11-15(17)21)23-16-7-5-12(18)10-14(16)20/h2,5-8,10-11,18-21H,1,3-4,9H2. The third-order valence-electron chi connectivity index (χ3n) is 3.38. The molecule has 0 aliphatic heterocycles. The van der Waals surface area contributed by atoms with E-state index in [2.05, 4.69) is 6.58 Å². The van der Waals surface area contributed by atoms with Crippen LogP contribution in [-0.4, -0.2) is 26.6 Å². The molecule has 7 heteroatoms. The summed E-state index contributed by atoms with van der Waals surface area (Å²) < 4.78 is 18.9. The fourth-order valence-electron chi connectivity index (χ4n) is 2.20. The molecule has 4 N–H and O–H groups in total. The molecule has 2 aromatic rings. The third kappa shape index (κ3) is 4.03. The van der Waals surface area contributed by atoms with Crippen molar-refractivity contribution in [2.24, 2.45) is 0 Å². The van der Waals surface area contributed by atoms with Gasteiger partial charge in [0.15, 0.2) is 11.5 Å². The van der Waals surface area contributed by atoms with E-state index >= 15 is 0 Å². The molecular formula is C17H19O6P. The van der Waals surface area contributed by atoms with Crippen molar-refractivity contribution in [1.29, 1.82) is 0 Å². The van der Waals surface area contributed by atoms with Crippen LogP contribution in [0.3, 0.4) is 0 Å². The molecule has 0 heterocycles. The number of phenols is 4. The van der Waals surface area contributed by atoms with E-state index in [0.29, 0.717) is 12.8 Å². The zero-order valence-corrected chi connectivity index (χ0v) is 13.8. The van der Waals surface area contributed by atoms with E-state index in [-0.39, 0.29) is 40.2 Å². The topological polar surface area (TPSA) is 107 Å². The molecule has 0 aromatic heterocycles. The van der Waals surface area contributed by atoms with Gasteiger partial charge in [-0.3, -0.25) is 4.57 Å². The molecule has 2 aromatic carbocycles. The van der Waals surface area contributed by atoms with Gasteiger partial charge >= 0.3 is 0 Å². The number of hydrogen-bond donors (Lipinski definition) is 4. The number of hydrogen-bond acceptors (Lipinski definition) is 6. The van der Waals surface area contributed by atoms with Gasteiger partial charge in [0, 0.05) is 18.3 Å². The Morgan fingerprint density at radius 3 is 2.21 bits per heavy atom. The predicted molar refractivity (Wildman–Crippen MR) is 91.7 cm³/mol. The van der Waals surface area contributed by atoms with Gasteiger partial charge in [0.2, 0.25) is 0 Å². The van der Waals surface area contributed by atoms with Crippen LogP contribution in [0, 0.1) is 0 Å². The van der Waals surface area contributed by atoms with E-state index in [1.54, 1.807) is 6.08 Å². The van der Waals surface area contributed by atoms with Gasteiger partial charge in [0.25, 0.3) is 7.37 Å². The van der Waals surface area contributed by atoms with Gasteiger partial charge in [0.05, 0.1) is 5.30 Å². The van der Waals surface area contributed by atoms with Crippen molar-refractivity contribution in [3.8, 4) is 28.7 Å². The number of unbranched alkanes of at least 4 members (excludes halogenated alkanes) is 1. The van der Waals surface area contributed by atoms with Crippen molar-refractivity contribution in [3.05, 3.63) is 49.1 Å². The first-order valence-corrected chi connectivity index (χ1v) is 9.11. The highest BCUT2D eigenvalue weighted by Crippen LogP contribution is 2.51. The summed E-state index contributed by atoms with van der Waals surface area (Å²) in [6, 6.07) is 7.36. The van der Waals surface area contributed by atoms with Crippen molar-refractivity contribution < 1.29 is 29.5 Å². The summed E-state index contributed by atoms with van der Waals surface area (Å²) in [5.74, 6) is -1.11. The highest BCUT2D eigenvalue weighted by Gasteiger charge is 2.31. The van der Waals surface area contributed by atoms with E-state index in [0.717, 1.165) is 12.1 Å². The number of aromatic hydroxyl groups is 4. The Balaban J connectivity index is 2.42. The largest absolute Gasteiger partial charge is 0.508 e. The first kappa shape index (κ1) is 17.8. The highest BCUT2D eigenvalue weighted by molar-refractivity contribution is 7.67. The van der Waals surface area contributed by atoms with E-state index in [1.165, 1.54) is 24.3 Å². The first-order valence-electron chi connectivity index (χ1n) is 7.30. The van der Waals surface area contributed by atoms with Gasteiger partial charge in [-0.25, -0.2) is 0 Å². The van der Waals surface area contributed by atoms with Gasteiger partial charge < -0.3 is 24.9 Å². The zero-order chi connectivity index (χ0) is 17.7. The molecule has 24 heavy (non-hydrogen) atoms. The predicted octanol–water partition coefficient (Wildman–Crippen LogP) is 3.46. The Bertz CT molecular complexity index is 787. The zero-order valence-electron chi connectivity index (χ0n) is 12.9. The molecule has 6 nitrogen and oxygen atoms in total. The second-order valence-corrected chi connectivity index (χ2v) is 7.70. The molecule has 0 fully saturated rings. The molecule has 0 amide bonds. The van der Waals surface area contributed by atoms with Gasteiger partial charge in [0.1, 0.15) is 17.2 Å². The molecule has 0 saturated carbocycles. The third-order valence-corrected chi connectivity index (χ3v) is 5.88. The Labute approximate surface area is 139 Å². The van der Waals surface area contributed by atoms with Crippen molar-refractivity contribution in [2.75, 3.05) is 6.16 Å². The molecule has 128 valence electrons. The minimum absolute atomic E-state index is 0.0526. The van der Waals surface area contributed by atoms with Crippen LogP contribution < -0.4 is 9.83 Å². The van der Waals surface area contributed by atoms with Crippen molar-refractivity contribution in [1.82, 2.24) is 0 Å². The van der Waals surface area contributed by atoms with Crippen LogP contribution >= 0.6 is 7.37 Å². The molecule has 1 atom stereocenters. The summed E-state index contributed by atoms with van der Waals surface area (Å²) >= 11 is 0. The second kappa shape index (κ2) is 7.32. The minimum Gasteiger partial charge on any atom is -0.508 e. The quantitative estimate of drug-likeness (QED) is 0.346. The molecule has 0 saturated heterocycles. The highest BCUT2D eigenvalue weighted by atomic mass is 31.2. The smallest absolute Gasteiger partial charge is 0.281 e. The summed E-state index contributed by atoms with van der Waals surface area (Å²) in [7, 11) is -3.57.